The van der Waals surface area contributed by atoms with E-state index < -0.39 is 0 Å². The van der Waals surface area contributed by atoms with Crippen LogP contribution in [-0.4, -0.2) is 26.8 Å². The van der Waals surface area contributed by atoms with E-state index >= 15 is 0 Å². The van der Waals surface area contributed by atoms with Crippen molar-refractivity contribution in [2.75, 3.05) is 20.8 Å². The first-order valence-corrected chi connectivity index (χ1v) is 13.5. The van der Waals surface area contributed by atoms with Crippen LogP contribution in [0.25, 0.3) is 0 Å². The van der Waals surface area contributed by atoms with Crippen LogP contribution in [0.3, 0.4) is 0 Å². The van der Waals surface area contributed by atoms with Gasteiger partial charge in [-0.3, -0.25) is 4.79 Å². The topological polar surface area (TPSA) is 63.2 Å². The van der Waals surface area contributed by atoms with Crippen molar-refractivity contribution in [2.24, 2.45) is 11.8 Å². The van der Waals surface area contributed by atoms with Gasteiger partial charge in [0.25, 0.3) is 0 Å². The molecule has 4 aromatic rings. The average Bonchev–Trinajstić information content (AvgIpc) is 3.34. The summed E-state index contributed by atoms with van der Waals surface area (Å²) in [7, 11) is 3.27. The van der Waals surface area contributed by atoms with E-state index in [1.165, 1.54) is 0 Å². The van der Waals surface area contributed by atoms with Gasteiger partial charge in [0, 0.05) is 5.92 Å². The van der Waals surface area contributed by atoms with Crippen molar-refractivity contribution in [2.45, 2.75) is 26.1 Å². The van der Waals surface area contributed by atoms with Gasteiger partial charge < -0.3 is 23.7 Å². The Morgan fingerprint density at radius 2 is 1.12 bits per heavy atom. The van der Waals surface area contributed by atoms with Crippen molar-refractivity contribution in [3.8, 4) is 23.0 Å². The van der Waals surface area contributed by atoms with Gasteiger partial charge in [-0.1, -0.05) is 72.8 Å². The molecule has 1 aliphatic heterocycles. The van der Waals surface area contributed by atoms with E-state index in [9.17, 15) is 4.79 Å². The summed E-state index contributed by atoms with van der Waals surface area (Å²) in [5.74, 6) is 2.31. The highest BCUT2D eigenvalue weighted by atomic mass is 16.5. The maximum absolute atomic E-state index is 12.7. The average molecular weight is 541 g/mol. The molecule has 1 heterocycles. The Labute approximate surface area is 235 Å². The predicted molar refractivity (Wildman–Crippen MR) is 153 cm³/mol. The van der Waals surface area contributed by atoms with Crippen LogP contribution in [-0.2, 0) is 35.6 Å². The molecule has 0 saturated carbocycles. The standard InChI is InChI=1S/C34H34O6/c1-36-32-19-26(13-15-30(32)38-21-24-9-5-3-6-10-24)17-28-23-40-34(35)29(28)18-27-14-16-31(33(20-27)37-2)39-22-25-11-7-4-8-12-25/h3-16,19-20,28-29H,17-18,21-23H2,1-2H3/i17+1,18+1. The van der Waals surface area contributed by atoms with Crippen LogP contribution in [0.2, 0.25) is 0 Å². The molecule has 40 heavy (non-hydrogen) atoms. The third-order valence-electron chi connectivity index (χ3n) is 7.20. The Balaban J connectivity index is 1.23. The number of hydrogen-bond donors (Lipinski definition) is 0. The third-order valence-corrected chi connectivity index (χ3v) is 7.20. The molecule has 0 bridgehead atoms. The number of esters is 1. The van der Waals surface area contributed by atoms with E-state index in [1.54, 1.807) is 14.2 Å². The minimum atomic E-state index is -0.249. The molecule has 0 amide bonds. The predicted octanol–water partition coefficient (Wildman–Crippen LogP) is 6.44. The summed E-state index contributed by atoms with van der Waals surface area (Å²) in [5.41, 5.74) is 4.24. The Bertz CT molecular complexity index is 1400. The van der Waals surface area contributed by atoms with Gasteiger partial charge in [-0.05, 0) is 59.4 Å². The van der Waals surface area contributed by atoms with E-state index in [-0.39, 0.29) is 17.8 Å². The second-order valence-corrected chi connectivity index (χ2v) is 9.92. The lowest BCUT2D eigenvalue weighted by Crippen LogP contribution is -2.20. The van der Waals surface area contributed by atoms with Crippen molar-refractivity contribution in [1.82, 2.24) is 0 Å². The second kappa shape index (κ2) is 13.1. The fraction of sp³-hybridized carbons (Fsp3) is 0.265. The Kier molecular flexibility index (Phi) is 8.86. The number of cyclic esters (lactones) is 1. The zero-order valence-electron chi connectivity index (χ0n) is 22.9. The molecule has 0 spiro atoms. The Morgan fingerprint density at radius 1 is 0.625 bits per heavy atom. The fourth-order valence-electron chi connectivity index (χ4n) is 5.00. The summed E-state index contributed by atoms with van der Waals surface area (Å²) in [5, 5.41) is 0. The molecule has 206 valence electrons. The van der Waals surface area contributed by atoms with Crippen LogP contribution in [0.15, 0.2) is 97.1 Å². The van der Waals surface area contributed by atoms with E-state index in [0.29, 0.717) is 55.7 Å². The van der Waals surface area contributed by atoms with Crippen molar-refractivity contribution >= 4 is 5.97 Å². The molecule has 2 atom stereocenters. The normalized spacial score (nSPS) is 16.3. The SMILES string of the molecule is COc1cc([13CH2]C2COC(=O)C2[13CH2]c2ccc(OCc3ccccc3)c(OC)c2)ccc1OCc1ccccc1. The maximum Gasteiger partial charge on any atom is 0.309 e. The minimum absolute atomic E-state index is 0.0493. The third kappa shape index (κ3) is 6.75. The summed E-state index contributed by atoms with van der Waals surface area (Å²) < 4.78 is 28.7. The molecule has 0 N–H and O–H groups in total. The molecule has 1 saturated heterocycles. The van der Waals surface area contributed by atoms with E-state index in [0.717, 1.165) is 22.3 Å². The zero-order chi connectivity index (χ0) is 27.7. The molecule has 1 aliphatic rings. The van der Waals surface area contributed by atoms with E-state index in [1.807, 2.05) is 97.1 Å². The van der Waals surface area contributed by atoms with Crippen molar-refractivity contribution < 1.29 is 28.5 Å². The molecule has 1 fully saturated rings. The maximum atomic E-state index is 12.7. The molecule has 2 unspecified atom stereocenters. The van der Waals surface area contributed by atoms with Crippen LogP contribution in [0, 0.1) is 11.8 Å². The monoisotopic (exact) mass is 540 g/mol. The number of hydrogen-bond acceptors (Lipinski definition) is 6. The minimum Gasteiger partial charge on any atom is -0.493 e. The van der Waals surface area contributed by atoms with Crippen LogP contribution in [0.1, 0.15) is 22.3 Å². The second-order valence-electron chi connectivity index (χ2n) is 9.92. The van der Waals surface area contributed by atoms with Crippen LogP contribution >= 0.6 is 0 Å². The smallest absolute Gasteiger partial charge is 0.309 e. The van der Waals surface area contributed by atoms with Crippen molar-refractivity contribution in [3.63, 3.8) is 0 Å². The van der Waals surface area contributed by atoms with Gasteiger partial charge in [0.1, 0.15) is 13.2 Å². The van der Waals surface area contributed by atoms with Crippen LogP contribution < -0.4 is 18.9 Å². The summed E-state index contributed by atoms with van der Waals surface area (Å²) in [6, 6.07) is 31.8. The fourth-order valence-corrected chi connectivity index (χ4v) is 5.00. The number of carbonyl (C=O) groups is 1. The van der Waals surface area contributed by atoms with Gasteiger partial charge in [-0.15, -0.1) is 0 Å². The van der Waals surface area contributed by atoms with E-state index in [2.05, 4.69) is 0 Å². The Morgan fingerprint density at radius 3 is 1.62 bits per heavy atom. The molecule has 0 aromatic heterocycles. The van der Waals surface area contributed by atoms with Crippen molar-refractivity contribution in [1.29, 1.82) is 0 Å². The van der Waals surface area contributed by atoms with Gasteiger partial charge in [0.15, 0.2) is 23.0 Å². The molecule has 0 radical (unpaired) electrons. The largest absolute Gasteiger partial charge is 0.493 e. The summed E-state index contributed by atoms with van der Waals surface area (Å²) in [6.45, 7) is 1.31. The number of ether oxygens (including phenoxy) is 5. The first-order valence-electron chi connectivity index (χ1n) is 13.5. The first-order chi connectivity index (χ1) is 19.6. The molecule has 4 aromatic carbocycles. The molecule has 6 nitrogen and oxygen atoms in total. The molecule has 5 rings (SSSR count). The molecule has 0 aliphatic carbocycles. The highest BCUT2D eigenvalue weighted by Gasteiger charge is 2.37. The lowest BCUT2D eigenvalue weighted by molar-refractivity contribution is -0.141. The molecular weight excluding hydrogens is 506 g/mol. The number of carbonyl (C=O) groups excluding carboxylic acids is 1. The zero-order valence-corrected chi connectivity index (χ0v) is 22.9. The lowest BCUT2D eigenvalue weighted by atomic mass is 10.0. The number of rotatable bonds is 12. The quantitative estimate of drug-likeness (QED) is 0.152. The van der Waals surface area contributed by atoms with Gasteiger partial charge >= 0.3 is 5.97 Å². The lowest BCUT2D eigenvalue weighted by Gasteiger charge is -2.18. The first kappa shape index (κ1) is 27.1. The number of benzene rings is 4. The summed E-state index contributed by atoms with van der Waals surface area (Å²) in [6.07, 6.45) is 1.26. The highest BCUT2D eigenvalue weighted by molar-refractivity contribution is 5.75. The van der Waals surface area contributed by atoms with Crippen molar-refractivity contribution in [3.05, 3.63) is 119 Å². The van der Waals surface area contributed by atoms with Gasteiger partial charge in [0.05, 0.1) is 26.7 Å². The summed E-state index contributed by atoms with van der Waals surface area (Å²) in [4.78, 5) is 12.7. The van der Waals surface area contributed by atoms with E-state index in [4.69, 9.17) is 23.7 Å². The molecular formula is C34H34O6. The van der Waals surface area contributed by atoms with Crippen LogP contribution in [0.4, 0.5) is 0 Å². The Hall–Kier alpha value is -4.45. The van der Waals surface area contributed by atoms with Crippen LogP contribution in [0.5, 0.6) is 23.0 Å². The van der Waals surface area contributed by atoms with Gasteiger partial charge in [-0.25, -0.2) is 0 Å². The summed E-state index contributed by atoms with van der Waals surface area (Å²) >= 11 is 0. The van der Waals surface area contributed by atoms with Gasteiger partial charge in [0.2, 0.25) is 0 Å². The number of methoxy groups -OCH3 is 2. The molecule has 6 heteroatoms. The highest BCUT2D eigenvalue weighted by Crippen LogP contribution is 2.35. The van der Waals surface area contributed by atoms with Gasteiger partial charge in [-0.2, -0.15) is 0 Å².